The normalized spacial score (nSPS) is 21.6. The maximum absolute atomic E-state index is 13.2. The molecule has 2 unspecified atom stereocenters. The lowest BCUT2D eigenvalue weighted by atomic mass is 10.1. The third-order valence-corrected chi connectivity index (χ3v) is 5.80. The zero-order valence-corrected chi connectivity index (χ0v) is 16.2. The first-order valence-electron chi connectivity index (χ1n) is 9.46. The van der Waals surface area contributed by atoms with E-state index in [4.69, 9.17) is 11.6 Å². The molecule has 0 spiro atoms. The van der Waals surface area contributed by atoms with E-state index >= 15 is 0 Å². The standard InChI is InChI=1S/C22H23ClN2O2/c1-15-11-17-6-2-3-8-20(17)25(15)22(27)18-13-21(26)24(14-18)10-9-16-5-4-7-19(23)12-16/h2-8,12,15,18H,9-11,13-14H2,1H3. The Balaban J connectivity index is 1.42. The Morgan fingerprint density at radius 3 is 2.78 bits per heavy atom. The molecule has 0 saturated carbocycles. The van der Waals surface area contributed by atoms with Crippen molar-refractivity contribution in [2.45, 2.75) is 32.2 Å². The molecule has 5 heteroatoms. The Hall–Kier alpha value is -2.33. The van der Waals surface area contributed by atoms with Crippen molar-refractivity contribution in [2.75, 3.05) is 18.0 Å². The van der Waals surface area contributed by atoms with Crippen LogP contribution in [-0.4, -0.2) is 35.8 Å². The average Bonchev–Trinajstić information content (AvgIpc) is 3.18. The second-order valence-electron chi connectivity index (χ2n) is 7.51. The summed E-state index contributed by atoms with van der Waals surface area (Å²) in [5, 5.41) is 0.704. The maximum atomic E-state index is 13.2. The molecule has 0 radical (unpaired) electrons. The molecule has 1 fully saturated rings. The highest BCUT2D eigenvalue weighted by Crippen LogP contribution is 2.34. The van der Waals surface area contributed by atoms with Crippen molar-refractivity contribution in [3.63, 3.8) is 0 Å². The van der Waals surface area contributed by atoms with Crippen molar-refractivity contribution >= 4 is 29.1 Å². The second-order valence-corrected chi connectivity index (χ2v) is 7.95. The number of fused-ring (bicyclic) bond motifs is 1. The number of carbonyl (C=O) groups is 2. The van der Waals surface area contributed by atoms with E-state index in [2.05, 4.69) is 13.0 Å². The number of hydrogen-bond donors (Lipinski definition) is 0. The van der Waals surface area contributed by atoms with Crippen LogP contribution < -0.4 is 4.90 Å². The van der Waals surface area contributed by atoms with Crippen LogP contribution in [0.3, 0.4) is 0 Å². The van der Waals surface area contributed by atoms with Gasteiger partial charge in [0.05, 0.1) is 5.92 Å². The number of halogens is 1. The molecule has 2 aliphatic heterocycles. The molecule has 140 valence electrons. The Morgan fingerprint density at radius 2 is 1.96 bits per heavy atom. The molecular weight excluding hydrogens is 360 g/mol. The molecule has 0 N–H and O–H groups in total. The summed E-state index contributed by atoms with van der Waals surface area (Å²) in [6.07, 6.45) is 1.93. The third kappa shape index (κ3) is 3.59. The molecule has 2 aliphatic rings. The molecule has 2 heterocycles. The molecule has 1 saturated heterocycles. The van der Waals surface area contributed by atoms with Crippen LogP contribution in [0.15, 0.2) is 48.5 Å². The summed E-state index contributed by atoms with van der Waals surface area (Å²) >= 11 is 6.03. The molecule has 2 aromatic rings. The predicted molar refractivity (Wildman–Crippen MR) is 107 cm³/mol. The van der Waals surface area contributed by atoms with Gasteiger partial charge >= 0.3 is 0 Å². The van der Waals surface area contributed by atoms with Gasteiger partial charge in [0.25, 0.3) is 0 Å². The van der Waals surface area contributed by atoms with Crippen LogP contribution in [0.4, 0.5) is 5.69 Å². The highest BCUT2D eigenvalue weighted by atomic mass is 35.5. The van der Waals surface area contributed by atoms with E-state index in [1.807, 2.05) is 52.3 Å². The summed E-state index contributed by atoms with van der Waals surface area (Å²) in [5.41, 5.74) is 3.31. The van der Waals surface area contributed by atoms with Crippen LogP contribution in [0.2, 0.25) is 5.02 Å². The van der Waals surface area contributed by atoms with E-state index < -0.39 is 0 Å². The van der Waals surface area contributed by atoms with Crippen molar-refractivity contribution in [2.24, 2.45) is 5.92 Å². The minimum Gasteiger partial charge on any atom is -0.342 e. The number of carbonyl (C=O) groups excluding carboxylic acids is 2. The van der Waals surface area contributed by atoms with Crippen molar-refractivity contribution in [3.8, 4) is 0 Å². The third-order valence-electron chi connectivity index (χ3n) is 5.57. The van der Waals surface area contributed by atoms with Gasteiger partial charge in [-0.15, -0.1) is 0 Å². The maximum Gasteiger partial charge on any atom is 0.232 e. The summed E-state index contributed by atoms with van der Waals surface area (Å²) in [5.74, 6) is -0.118. The van der Waals surface area contributed by atoms with Crippen molar-refractivity contribution in [1.82, 2.24) is 4.90 Å². The lowest BCUT2D eigenvalue weighted by Crippen LogP contribution is -2.41. The average molecular weight is 383 g/mol. The van der Waals surface area contributed by atoms with E-state index in [0.717, 1.165) is 24.1 Å². The zero-order valence-electron chi connectivity index (χ0n) is 15.4. The topological polar surface area (TPSA) is 40.6 Å². The Morgan fingerprint density at radius 1 is 1.15 bits per heavy atom. The largest absolute Gasteiger partial charge is 0.342 e. The first kappa shape index (κ1) is 18.1. The lowest BCUT2D eigenvalue weighted by Gasteiger charge is -2.26. The first-order chi connectivity index (χ1) is 13.0. The molecule has 2 aromatic carbocycles. The fourth-order valence-corrected chi connectivity index (χ4v) is 4.42. The predicted octanol–water partition coefficient (Wildman–Crippen LogP) is 3.71. The first-order valence-corrected chi connectivity index (χ1v) is 9.84. The molecule has 2 amide bonds. The number of anilines is 1. The Kier molecular flexibility index (Phi) is 4.92. The fraction of sp³-hybridized carbons (Fsp3) is 0.364. The minimum absolute atomic E-state index is 0.0653. The molecule has 0 bridgehead atoms. The van der Waals surface area contributed by atoms with Gasteiger partial charge in [-0.05, 0) is 49.1 Å². The van der Waals surface area contributed by atoms with Crippen LogP contribution in [-0.2, 0) is 22.4 Å². The molecule has 4 nitrogen and oxygen atoms in total. The van der Waals surface area contributed by atoms with Gasteiger partial charge in [-0.1, -0.05) is 41.9 Å². The van der Waals surface area contributed by atoms with Crippen molar-refractivity contribution in [1.29, 1.82) is 0 Å². The van der Waals surface area contributed by atoms with E-state index in [1.165, 1.54) is 5.56 Å². The monoisotopic (exact) mass is 382 g/mol. The summed E-state index contributed by atoms with van der Waals surface area (Å²) in [7, 11) is 0. The Labute approximate surface area is 164 Å². The van der Waals surface area contributed by atoms with Crippen molar-refractivity contribution < 1.29 is 9.59 Å². The second kappa shape index (κ2) is 7.35. The van der Waals surface area contributed by atoms with Gasteiger partial charge in [0.2, 0.25) is 11.8 Å². The summed E-state index contributed by atoms with van der Waals surface area (Å²) < 4.78 is 0. The number of benzene rings is 2. The van der Waals surface area contributed by atoms with E-state index in [-0.39, 0.29) is 23.8 Å². The van der Waals surface area contributed by atoms with Gasteiger partial charge in [-0.2, -0.15) is 0 Å². The van der Waals surface area contributed by atoms with Crippen LogP contribution in [0.1, 0.15) is 24.5 Å². The number of likely N-dealkylation sites (tertiary alicyclic amines) is 1. The van der Waals surface area contributed by atoms with Crippen molar-refractivity contribution in [3.05, 3.63) is 64.7 Å². The van der Waals surface area contributed by atoms with Crippen LogP contribution in [0.5, 0.6) is 0 Å². The molecule has 4 rings (SSSR count). The van der Waals surface area contributed by atoms with E-state index in [0.29, 0.717) is 24.5 Å². The van der Waals surface area contributed by atoms with Crippen LogP contribution >= 0.6 is 11.6 Å². The summed E-state index contributed by atoms with van der Waals surface area (Å²) in [6, 6.07) is 15.9. The number of nitrogens with zero attached hydrogens (tertiary/aromatic N) is 2. The fourth-order valence-electron chi connectivity index (χ4n) is 4.21. The van der Waals surface area contributed by atoms with E-state index in [1.54, 1.807) is 0 Å². The van der Waals surface area contributed by atoms with Gasteiger partial charge in [0, 0.05) is 36.3 Å². The van der Waals surface area contributed by atoms with Gasteiger partial charge in [-0.3, -0.25) is 9.59 Å². The molecule has 0 aliphatic carbocycles. The highest BCUT2D eigenvalue weighted by molar-refractivity contribution is 6.30. The molecule has 0 aromatic heterocycles. The molecular formula is C22H23ClN2O2. The minimum atomic E-state index is -0.259. The Bertz CT molecular complexity index is 882. The SMILES string of the molecule is CC1Cc2ccccc2N1C(=O)C1CC(=O)N(CCc2cccc(Cl)c2)C1. The molecule has 27 heavy (non-hydrogen) atoms. The number of para-hydroxylation sites is 1. The number of rotatable bonds is 4. The van der Waals surface area contributed by atoms with Gasteiger partial charge in [0.15, 0.2) is 0 Å². The highest BCUT2D eigenvalue weighted by Gasteiger charge is 2.40. The van der Waals surface area contributed by atoms with Gasteiger partial charge in [-0.25, -0.2) is 0 Å². The summed E-state index contributed by atoms with van der Waals surface area (Å²) in [4.78, 5) is 29.3. The number of amides is 2. The molecule has 2 atom stereocenters. The number of hydrogen-bond acceptors (Lipinski definition) is 2. The summed E-state index contributed by atoms with van der Waals surface area (Å²) in [6.45, 7) is 3.20. The van der Waals surface area contributed by atoms with Crippen LogP contribution in [0.25, 0.3) is 0 Å². The lowest BCUT2D eigenvalue weighted by molar-refractivity contribution is -0.128. The van der Waals surface area contributed by atoms with Gasteiger partial charge in [0.1, 0.15) is 0 Å². The van der Waals surface area contributed by atoms with E-state index in [9.17, 15) is 9.59 Å². The smallest absolute Gasteiger partial charge is 0.232 e. The quantitative estimate of drug-likeness (QED) is 0.808. The van der Waals surface area contributed by atoms with Crippen LogP contribution in [0, 0.1) is 5.92 Å². The zero-order chi connectivity index (χ0) is 19.0. The van der Waals surface area contributed by atoms with Gasteiger partial charge < -0.3 is 9.80 Å².